The van der Waals surface area contributed by atoms with E-state index in [4.69, 9.17) is 4.42 Å². The molecule has 3 aromatic rings. The van der Waals surface area contributed by atoms with E-state index < -0.39 is 0 Å². The predicted octanol–water partition coefficient (Wildman–Crippen LogP) is 4.83. The Balaban J connectivity index is 1.68. The Morgan fingerprint density at radius 3 is 2.68 bits per heavy atom. The van der Waals surface area contributed by atoms with Crippen LogP contribution < -0.4 is 5.32 Å². The smallest absolute Gasteiger partial charge is 0.226 e. The first-order valence-electron chi connectivity index (χ1n) is 8.09. The third-order valence-electron chi connectivity index (χ3n) is 3.97. The zero-order valence-electron chi connectivity index (χ0n) is 14.1. The van der Waals surface area contributed by atoms with Crippen LogP contribution in [-0.4, -0.2) is 10.9 Å². The molecule has 0 aliphatic rings. The van der Waals surface area contributed by atoms with Crippen LogP contribution in [0.3, 0.4) is 0 Å². The van der Waals surface area contributed by atoms with E-state index in [2.05, 4.69) is 26.2 Å². The number of amides is 1. The van der Waals surface area contributed by atoms with E-state index in [1.54, 1.807) is 0 Å². The second-order valence-corrected chi connectivity index (χ2v) is 6.82. The lowest BCUT2D eigenvalue weighted by molar-refractivity contribution is -0.121. The van der Waals surface area contributed by atoms with Gasteiger partial charge in [-0.2, -0.15) is 0 Å². The zero-order chi connectivity index (χ0) is 17.8. The molecular weight excluding hydrogens is 380 g/mol. The molecule has 0 saturated heterocycles. The number of carbonyl (C=O) groups excluding carboxylic acids is 1. The molecule has 0 saturated carbocycles. The van der Waals surface area contributed by atoms with Crippen LogP contribution in [-0.2, 0) is 11.2 Å². The van der Waals surface area contributed by atoms with E-state index in [1.165, 1.54) is 0 Å². The molecule has 0 spiro atoms. The van der Waals surface area contributed by atoms with Gasteiger partial charge in [-0.3, -0.25) is 4.79 Å². The maximum atomic E-state index is 12.4. The van der Waals surface area contributed by atoms with Gasteiger partial charge >= 0.3 is 0 Å². The Bertz CT molecular complexity index is 874. The van der Waals surface area contributed by atoms with E-state index in [0.29, 0.717) is 17.3 Å². The molecule has 25 heavy (non-hydrogen) atoms. The minimum atomic E-state index is -0.0801. The Kier molecular flexibility index (Phi) is 5.34. The van der Waals surface area contributed by atoms with Crippen LogP contribution in [0.25, 0.3) is 11.5 Å². The lowest BCUT2D eigenvalue weighted by Crippen LogP contribution is -2.28. The van der Waals surface area contributed by atoms with E-state index in [0.717, 1.165) is 15.6 Å². The predicted molar refractivity (Wildman–Crippen MR) is 101 cm³/mol. The summed E-state index contributed by atoms with van der Waals surface area (Å²) in [7, 11) is 0. The molecule has 4 nitrogen and oxygen atoms in total. The van der Waals surface area contributed by atoms with Crippen molar-refractivity contribution >= 4 is 21.8 Å². The van der Waals surface area contributed by atoms with Gasteiger partial charge in [-0.05, 0) is 43.7 Å². The normalized spacial score (nSPS) is 12.0. The molecule has 0 aliphatic carbocycles. The van der Waals surface area contributed by atoms with E-state index >= 15 is 0 Å². The average Bonchev–Trinajstić information content (AvgIpc) is 2.96. The van der Waals surface area contributed by atoms with Crippen molar-refractivity contribution < 1.29 is 9.21 Å². The fourth-order valence-electron chi connectivity index (χ4n) is 2.60. The molecule has 1 N–H and O–H groups in total. The molecule has 0 fully saturated rings. The van der Waals surface area contributed by atoms with Crippen molar-refractivity contribution in [2.45, 2.75) is 26.3 Å². The van der Waals surface area contributed by atoms with Crippen LogP contribution in [0, 0.1) is 6.92 Å². The maximum absolute atomic E-state index is 12.4. The van der Waals surface area contributed by atoms with Crippen LogP contribution in [0.15, 0.2) is 63.5 Å². The number of hydrogen-bond donors (Lipinski definition) is 1. The molecular formula is C20H19BrN2O2. The van der Waals surface area contributed by atoms with Crippen LogP contribution >= 0.6 is 15.9 Å². The number of nitrogens with one attached hydrogen (secondary N) is 1. The second kappa shape index (κ2) is 7.66. The molecule has 128 valence electrons. The van der Waals surface area contributed by atoms with Crippen molar-refractivity contribution in [1.82, 2.24) is 10.3 Å². The Labute approximate surface area is 155 Å². The highest BCUT2D eigenvalue weighted by atomic mass is 79.9. The molecule has 0 radical (unpaired) electrons. The Morgan fingerprint density at radius 1 is 1.20 bits per heavy atom. The van der Waals surface area contributed by atoms with Gasteiger partial charge in [-0.25, -0.2) is 4.98 Å². The van der Waals surface area contributed by atoms with Gasteiger partial charge in [0.15, 0.2) is 0 Å². The van der Waals surface area contributed by atoms with Crippen molar-refractivity contribution in [3.8, 4) is 11.5 Å². The quantitative estimate of drug-likeness (QED) is 0.669. The van der Waals surface area contributed by atoms with Gasteiger partial charge in [0.1, 0.15) is 5.76 Å². The van der Waals surface area contributed by atoms with E-state index in [9.17, 15) is 4.79 Å². The first-order valence-corrected chi connectivity index (χ1v) is 8.89. The van der Waals surface area contributed by atoms with Crippen molar-refractivity contribution in [2.24, 2.45) is 0 Å². The van der Waals surface area contributed by atoms with Crippen LogP contribution in [0.5, 0.6) is 0 Å². The lowest BCUT2D eigenvalue weighted by atomic mass is 10.1. The topological polar surface area (TPSA) is 55.1 Å². The minimum absolute atomic E-state index is 0.0780. The number of aryl methyl sites for hydroxylation is 1. The summed E-state index contributed by atoms with van der Waals surface area (Å²) in [6.45, 7) is 3.80. The number of halogens is 1. The van der Waals surface area contributed by atoms with Crippen molar-refractivity contribution in [3.05, 3.63) is 76.1 Å². The summed E-state index contributed by atoms with van der Waals surface area (Å²) in [5, 5.41) is 3.01. The number of oxazole rings is 1. The second-order valence-electron chi connectivity index (χ2n) is 5.91. The highest BCUT2D eigenvalue weighted by Crippen LogP contribution is 2.22. The van der Waals surface area contributed by atoms with E-state index in [1.807, 2.05) is 68.4 Å². The molecule has 1 aromatic heterocycles. The molecule has 1 unspecified atom stereocenters. The molecule has 1 heterocycles. The average molecular weight is 399 g/mol. The minimum Gasteiger partial charge on any atom is -0.441 e. The van der Waals surface area contributed by atoms with Gasteiger partial charge in [0.25, 0.3) is 0 Å². The van der Waals surface area contributed by atoms with Gasteiger partial charge < -0.3 is 9.73 Å². The number of carbonyl (C=O) groups is 1. The first kappa shape index (κ1) is 17.4. The van der Waals surface area contributed by atoms with Crippen molar-refractivity contribution in [2.75, 3.05) is 0 Å². The van der Waals surface area contributed by atoms with Gasteiger partial charge in [0.05, 0.1) is 18.2 Å². The van der Waals surface area contributed by atoms with Crippen LogP contribution in [0.2, 0.25) is 0 Å². The lowest BCUT2D eigenvalue weighted by Gasteiger charge is -2.14. The number of nitrogens with zero attached hydrogens (tertiary/aromatic N) is 1. The van der Waals surface area contributed by atoms with Gasteiger partial charge in [-0.15, -0.1) is 0 Å². The summed E-state index contributed by atoms with van der Waals surface area (Å²) in [5.74, 6) is 1.13. The molecule has 2 aromatic carbocycles. The molecule has 1 atom stereocenters. The van der Waals surface area contributed by atoms with Gasteiger partial charge in [0, 0.05) is 10.0 Å². The highest BCUT2D eigenvalue weighted by molar-refractivity contribution is 9.10. The third kappa shape index (κ3) is 4.37. The van der Waals surface area contributed by atoms with E-state index in [-0.39, 0.29) is 18.4 Å². The first-order chi connectivity index (χ1) is 12.0. The molecule has 5 heteroatoms. The zero-order valence-corrected chi connectivity index (χ0v) is 15.7. The molecule has 0 bridgehead atoms. The maximum Gasteiger partial charge on any atom is 0.226 e. The summed E-state index contributed by atoms with van der Waals surface area (Å²) in [6, 6.07) is 17.5. The molecule has 3 rings (SSSR count). The van der Waals surface area contributed by atoms with Crippen molar-refractivity contribution in [1.29, 1.82) is 0 Å². The standard InChI is InChI=1S/C20H19BrN2O2/c1-13(16-9-6-10-17(21)11-16)22-19(24)12-18-14(2)25-20(23-18)15-7-4-3-5-8-15/h3-11,13H,12H2,1-2H3,(H,22,24). The SMILES string of the molecule is Cc1oc(-c2ccccc2)nc1CC(=O)NC(C)c1cccc(Br)c1. The summed E-state index contributed by atoms with van der Waals surface area (Å²) in [6.07, 6.45) is 0.195. The van der Waals surface area contributed by atoms with Crippen molar-refractivity contribution in [3.63, 3.8) is 0 Å². The number of rotatable bonds is 5. The largest absolute Gasteiger partial charge is 0.441 e. The third-order valence-corrected chi connectivity index (χ3v) is 4.46. The summed E-state index contributed by atoms with van der Waals surface area (Å²) < 4.78 is 6.70. The van der Waals surface area contributed by atoms with Gasteiger partial charge in [0.2, 0.25) is 11.8 Å². The van der Waals surface area contributed by atoms with Gasteiger partial charge in [-0.1, -0.05) is 46.3 Å². The summed E-state index contributed by atoms with van der Waals surface area (Å²) >= 11 is 3.45. The summed E-state index contributed by atoms with van der Waals surface area (Å²) in [4.78, 5) is 16.9. The van der Waals surface area contributed by atoms with Crippen LogP contribution in [0.4, 0.5) is 0 Å². The fourth-order valence-corrected chi connectivity index (χ4v) is 3.02. The molecule has 1 amide bonds. The fraction of sp³-hybridized carbons (Fsp3) is 0.200. The van der Waals surface area contributed by atoms with Crippen LogP contribution in [0.1, 0.15) is 30.0 Å². The molecule has 0 aliphatic heterocycles. The Hall–Kier alpha value is -2.40. The number of aromatic nitrogens is 1. The number of hydrogen-bond acceptors (Lipinski definition) is 3. The Morgan fingerprint density at radius 2 is 1.96 bits per heavy atom. The number of benzene rings is 2. The highest BCUT2D eigenvalue weighted by Gasteiger charge is 2.16. The monoisotopic (exact) mass is 398 g/mol. The summed E-state index contributed by atoms with van der Waals surface area (Å²) in [5.41, 5.74) is 2.61.